The molecule has 0 aliphatic carbocycles. The summed E-state index contributed by atoms with van der Waals surface area (Å²) in [5.74, 6) is -3.50. The summed E-state index contributed by atoms with van der Waals surface area (Å²) in [5.41, 5.74) is -0.196. The van der Waals surface area contributed by atoms with Gasteiger partial charge in [-0.05, 0) is 22.0 Å². The number of benzene rings is 1. The Labute approximate surface area is 92.8 Å². The molecule has 0 amide bonds. The van der Waals surface area contributed by atoms with Crippen molar-refractivity contribution in [2.24, 2.45) is 0 Å². The first-order chi connectivity index (χ1) is 6.97. The van der Waals surface area contributed by atoms with Gasteiger partial charge in [0.1, 0.15) is 11.6 Å². The molecule has 0 heterocycles. The Balaban J connectivity index is 3.34. The maximum atomic E-state index is 13.0. The monoisotopic (exact) mass is 276 g/mol. The van der Waals surface area contributed by atoms with E-state index in [0.717, 1.165) is 12.1 Å². The van der Waals surface area contributed by atoms with E-state index in [-0.39, 0.29) is 15.8 Å². The Kier molecular flexibility index (Phi) is 3.41. The van der Waals surface area contributed by atoms with E-state index in [2.05, 4.69) is 15.9 Å². The maximum absolute atomic E-state index is 13.0. The Bertz CT molecular complexity index is 430. The number of carbonyl (C=O) groups is 2. The summed E-state index contributed by atoms with van der Waals surface area (Å²) in [6.45, 7) is 0. The maximum Gasteiger partial charge on any atom is 0.377 e. The van der Waals surface area contributed by atoms with E-state index in [4.69, 9.17) is 9.84 Å². The summed E-state index contributed by atoms with van der Waals surface area (Å²) in [4.78, 5) is 21.6. The molecule has 0 fully saturated rings. The van der Waals surface area contributed by atoms with E-state index < -0.39 is 17.6 Å². The lowest BCUT2D eigenvalue weighted by atomic mass is 10.1. The van der Waals surface area contributed by atoms with Crippen molar-refractivity contribution >= 4 is 27.7 Å². The van der Waals surface area contributed by atoms with Crippen LogP contribution in [0.4, 0.5) is 4.39 Å². The highest BCUT2D eigenvalue weighted by molar-refractivity contribution is 9.10. The predicted octanol–water partition coefficient (Wildman–Crippen LogP) is 1.86. The van der Waals surface area contributed by atoms with Crippen LogP contribution in [0.15, 0.2) is 16.6 Å². The second-order valence-corrected chi connectivity index (χ2v) is 3.46. The highest BCUT2D eigenvalue weighted by atomic mass is 79.9. The van der Waals surface area contributed by atoms with E-state index in [1.54, 1.807) is 0 Å². The van der Waals surface area contributed by atoms with Crippen LogP contribution in [0.3, 0.4) is 0 Å². The second-order valence-electron chi connectivity index (χ2n) is 2.60. The highest BCUT2D eigenvalue weighted by Gasteiger charge is 2.21. The molecule has 1 N–H and O–H groups in total. The Morgan fingerprint density at radius 2 is 2.07 bits per heavy atom. The molecule has 0 saturated heterocycles. The lowest BCUT2D eigenvalue weighted by Gasteiger charge is -2.06. The number of carboxylic acid groups (broad SMARTS) is 1. The van der Waals surface area contributed by atoms with Crippen molar-refractivity contribution in [3.63, 3.8) is 0 Å². The molecule has 0 radical (unpaired) electrons. The number of rotatable bonds is 3. The summed E-state index contributed by atoms with van der Waals surface area (Å²) in [6, 6.07) is 2.02. The molecule has 1 rings (SSSR count). The number of methoxy groups -OCH3 is 1. The first-order valence-electron chi connectivity index (χ1n) is 3.78. The van der Waals surface area contributed by atoms with Gasteiger partial charge in [0.15, 0.2) is 0 Å². The molecular weight excluding hydrogens is 271 g/mol. The molecule has 1 aromatic rings. The van der Waals surface area contributed by atoms with Gasteiger partial charge < -0.3 is 9.84 Å². The van der Waals surface area contributed by atoms with Crippen LogP contribution < -0.4 is 4.74 Å². The fourth-order valence-corrected chi connectivity index (χ4v) is 1.33. The van der Waals surface area contributed by atoms with E-state index in [1.165, 1.54) is 7.11 Å². The minimum Gasteiger partial charge on any atom is -0.496 e. The zero-order chi connectivity index (χ0) is 11.6. The molecule has 0 aliphatic rings. The van der Waals surface area contributed by atoms with Crippen molar-refractivity contribution in [3.8, 4) is 5.75 Å². The molecule has 4 nitrogen and oxygen atoms in total. The van der Waals surface area contributed by atoms with Crippen LogP contribution in [0, 0.1) is 5.82 Å². The summed E-state index contributed by atoms with van der Waals surface area (Å²) < 4.78 is 17.7. The summed E-state index contributed by atoms with van der Waals surface area (Å²) in [7, 11) is 1.22. The Morgan fingerprint density at radius 1 is 1.47 bits per heavy atom. The Hall–Kier alpha value is -1.43. The number of carbonyl (C=O) groups excluding carboxylic acids is 1. The summed E-state index contributed by atoms with van der Waals surface area (Å²) in [5, 5.41) is 8.50. The topological polar surface area (TPSA) is 63.6 Å². The van der Waals surface area contributed by atoms with Gasteiger partial charge in [-0.3, -0.25) is 4.79 Å². The molecule has 0 atom stereocenters. The van der Waals surface area contributed by atoms with Crippen LogP contribution in [0.25, 0.3) is 0 Å². The highest BCUT2D eigenvalue weighted by Crippen LogP contribution is 2.26. The average Bonchev–Trinajstić information content (AvgIpc) is 2.20. The zero-order valence-corrected chi connectivity index (χ0v) is 9.17. The normalized spacial score (nSPS) is 9.80. The van der Waals surface area contributed by atoms with Crippen LogP contribution in [0.1, 0.15) is 10.4 Å². The number of hydrogen-bond acceptors (Lipinski definition) is 3. The SMILES string of the molecule is COc1cc(F)c(Br)cc1C(=O)C(=O)O. The van der Waals surface area contributed by atoms with Crippen LogP contribution in [0.2, 0.25) is 0 Å². The molecule has 15 heavy (non-hydrogen) atoms. The van der Waals surface area contributed by atoms with Gasteiger partial charge in [0.05, 0.1) is 17.1 Å². The predicted molar refractivity (Wildman–Crippen MR) is 52.6 cm³/mol. The molecule has 80 valence electrons. The van der Waals surface area contributed by atoms with Crippen molar-refractivity contribution in [2.45, 2.75) is 0 Å². The lowest BCUT2D eigenvalue weighted by molar-refractivity contribution is -0.131. The molecule has 0 aliphatic heterocycles. The smallest absolute Gasteiger partial charge is 0.377 e. The molecule has 0 bridgehead atoms. The van der Waals surface area contributed by atoms with E-state index in [0.29, 0.717) is 0 Å². The number of halogens is 2. The van der Waals surface area contributed by atoms with Crippen LogP contribution in [-0.2, 0) is 4.79 Å². The number of Topliss-reactive ketones (excluding diaryl/α,β-unsaturated/α-hetero) is 1. The summed E-state index contributed by atoms with van der Waals surface area (Å²) >= 11 is 2.85. The molecule has 0 unspecified atom stereocenters. The van der Waals surface area contributed by atoms with Crippen molar-refractivity contribution in [3.05, 3.63) is 28.0 Å². The molecule has 6 heteroatoms. The second kappa shape index (κ2) is 4.39. The third-order valence-electron chi connectivity index (χ3n) is 1.68. The minimum atomic E-state index is -1.62. The van der Waals surface area contributed by atoms with Gasteiger partial charge in [-0.1, -0.05) is 0 Å². The van der Waals surface area contributed by atoms with E-state index in [9.17, 15) is 14.0 Å². The number of aliphatic carboxylic acids is 1. The van der Waals surface area contributed by atoms with Crippen LogP contribution in [-0.4, -0.2) is 24.0 Å². The molecule has 0 spiro atoms. The van der Waals surface area contributed by atoms with Gasteiger partial charge in [-0.15, -0.1) is 0 Å². The fraction of sp³-hybridized carbons (Fsp3) is 0.111. The number of ketones is 1. The third-order valence-corrected chi connectivity index (χ3v) is 2.29. The Morgan fingerprint density at radius 3 is 2.53 bits per heavy atom. The molecular formula is C9H6BrFO4. The fourth-order valence-electron chi connectivity index (χ4n) is 0.990. The molecule has 0 aromatic heterocycles. The number of ether oxygens (including phenoxy) is 1. The lowest BCUT2D eigenvalue weighted by Crippen LogP contribution is -2.14. The van der Waals surface area contributed by atoms with Crippen LogP contribution in [0.5, 0.6) is 5.75 Å². The van der Waals surface area contributed by atoms with Crippen molar-refractivity contribution < 1.29 is 23.8 Å². The van der Waals surface area contributed by atoms with E-state index in [1.807, 2.05) is 0 Å². The van der Waals surface area contributed by atoms with Crippen molar-refractivity contribution in [1.82, 2.24) is 0 Å². The first-order valence-corrected chi connectivity index (χ1v) is 4.57. The first kappa shape index (κ1) is 11.6. The van der Waals surface area contributed by atoms with E-state index >= 15 is 0 Å². The minimum absolute atomic E-state index is 0.00731. The molecule has 0 saturated carbocycles. The number of hydrogen-bond donors (Lipinski definition) is 1. The van der Waals surface area contributed by atoms with Crippen molar-refractivity contribution in [2.75, 3.05) is 7.11 Å². The average molecular weight is 277 g/mol. The zero-order valence-electron chi connectivity index (χ0n) is 7.58. The van der Waals surface area contributed by atoms with Gasteiger partial charge in [-0.25, -0.2) is 9.18 Å². The quantitative estimate of drug-likeness (QED) is 0.676. The van der Waals surface area contributed by atoms with Gasteiger partial charge >= 0.3 is 5.97 Å². The van der Waals surface area contributed by atoms with Gasteiger partial charge in [0.2, 0.25) is 0 Å². The van der Waals surface area contributed by atoms with Crippen molar-refractivity contribution in [1.29, 1.82) is 0 Å². The number of carboxylic acids is 1. The van der Waals surface area contributed by atoms with Crippen LogP contribution >= 0.6 is 15.9 Å². The summed E-state index contributed by atoms with van der Waals surface area (Å²) in [6.07, 6.45) is 0. The standard InChI is InChI=1S/C9H6BrFO4/c1-15-7-3-6(11)5(10)2-4(7)8(12)9(13)14/h2-3H,1H3,(H,13,14). The van der Waals surface area contributed by atoms with Gasteiger partial charge in [0.25, 0.3) is 5.78 Å². The van der Waals surface area contributed by atoms with Gasteiger partial charge in [-0.2, -0.15) is 0 Å². The largest absolute Gasteiger partial charge is 0.496 e. The third kappa shape index (κ3) is 2.33. The molecule has 1 aromatic carbocycles. The van der Waals surface area contributed by atoms with Gasteiger partial charge in [0, 0.05) is 6.07 Å².